The molecule has 0 saturated carbocycles. The van der Waals surface area contributed by atoms with Crippen molar-refractivity contribution in [3.8, 4) is 0 Å². The summed E-state index contributed by atoms with van der Waals surface area (Å²) >= 11 is 1.36. The number of hydrogen-bond acceptors (Lipinski definition) is 8. The predicted molar refractivity (Wildman–Crippen MR) is 104 cm³/mol. The average Bonchev–Trinajstić information content (AvgIpc) is 3.28. The van der Waals surface area contributed by atoms with E-state index in [0.29, 0.717) is 18.2 Å². The van der Waals surface area contributed by atoms with Crippen molar-refractivity contribution < 1.29 is 19.5 Å². The molecule has 1 saturated heterocycles. The number of carboxylic acid groups (broad SMARTS) is 1. The van der Waals surface area contributed by atoms with Crippen molar-refractivity contribution in [2.24, 2.45) is 5.92 Å². The van der Waals surface area contributed by atoms with E-state index >= 15 is 0 Å². The summed E-state index contributed by atoms with van der Waals surface area (Å²) in [6.07, 6.45) is 4.49. The maximum atomic E-state index is 12.3. The molecule has 1 aliphatic rings. The first-order chi connectivity index (χ1) is 13.5. The second kappa shape index (κ2) is 10.9. The fourth-order valence-corrected chi connectivity index (χ4v) is 3.32. The second-order valence-corrected chi connectivity index (χ2v) is 7.09. The van der Waals surface area contributed by atoms with Gasteiger partial charge in [-0.25, -0.2) is 0 Å². The number of amides is 2. The smallest absolute Gasteiger partial charge is 0.290 e. The lowest BCUT2D eigenvalue weighted by molar-refractivity contribution is -0.126. The summed E-state index contributed by atoms with van der Waals surface area (Å²) in [6.45, 7) is 3.26. The van der Waals surface area contributed by atoms with Gasteiger partial charge in [0.1, 0.15) is 5.01 Å². The van der Waals surface area contributed by atoms with Crippen molar-refractivity contribution in [2.45, 2.75) is 19.8 Å². The topological polar surface area (TPSA) is 137 Å². The lowest BCUT2D eigenvalue weighted by Crippen LogP contribution is -2.34. The number of rotatable bonds is 7. The largest absolute Gasteiger partial charge is 0.483 e. The van der Waals surface area contributed by atoms with Gasteiger partial charge in [0.05, 0.1) is 11.6 Å². The number of carbonyl (C=O) groups is 3. The molecule has 2 aromatic rings. The molecule has 0 aliphatic carbocycles. The monoisotopic (exact) mass is 406 g/mol. The third-order valence-electron chi connectivity index (χ3n) is 3.89. The predicted octanol–water partition coefficient (Wildman–Crippen LogP) is 0.914. The van der Waals surface area contributed by atoms with E-state index in [2.05, 4.69) is 25.8 Å². The van der Waals surface area contributed by atoms with Gasteiger partial charge in [-0.3, -0.25) is 24.3 Å². The quantitative estimate of drug-likeness (QED) is 0.456. The van der Waals surface area contributed by atoms with Crippen LogP contribution in [0.25, 0.3) is 0 Å². The van der Waals surface area contributed by atoms with Crippen molar-refractivity contribution in [3.63, 3.8) is 0 Å². The van der Waals surface area contributed by atoms with Gasteiger partial charge in [0.15, 0.2) is 0 Å². The standard InChI is InChI=1S/C16H20N6O2S.CH2O2/c1-11-20-21-16(25-11)22-10-12(8-14(22)23)15(24)19-7-3-6-18-13-4-2-5-17-9-13;2-1-3/h2,4-5,9,12,18H,3,6-8,10H2,1H3,(H,19,24);1H,(H,2,3). The van der Waals surface area contributed by atoms with Crippen LogP contribution < -0.4 is 15.5 Å². The van der Waals surface area contributed by atoms with E-state index < -0.39 is 0 Å². The molecule has 28 heavy (non-hydrogen) atoms. The molecule has 1 fully saturated rings. The van der Waals surface area contributed by atoms with Gasteiger partial charge < -0.3 is 15.7 Å². The summed E-state index contributed by atoms with van der Waals surface area (Å²) in [5.74, 6) is -0.490. The number of anilines is 2. The van der Waals surface area contributed by atoms with Crippen LogP contribution in [0.15, 0.2) is 24.5 Å². The Hall–Kier alpha value is -3.08. The van der Waals surface area contributed by atoms with E-state index in [1.54, 1.807) is 17.3 Å². The van der Waals surface area contributed by atoms with Crippen LogP contribution in [-0.4, -0.2) is 58.2 Å². The highest BCUT2D eigenvalue weighted by Gasteiger charge is 2.36. The summed E-state index contributed by atoms with van der Waals surface area (Å²) in [5.41, 5.74) is 0.957. The van der Waals surface area contributed by atoms with E-state index in [-0.39, 0.29) is 30.6 Å². The van der Waals surface area contributed by atoms with E-state index in [9.17, 15) is 9.59 Å². The zero-order valence-corrected chi connectivity index (χ0v) is 16.2. The minimum absolute atomic E-state index is 0.0745. The average molecular weight is 406 g/mol. The number of nitrogens with one attached hydrogen (secondary N) is 2. The van der Waals surface area contributed by atoms with E-state index in [1.807, 2.05) is 19.1 Å². The molecule has 2 amide bonds. The van der Waals surface area contributed by atoms with Gasteiger partial charge in [-0.15, -0.1) is 10.2 Å². The number of hydrogen-bond donors (Lipinski definition) is 3. The summed E-state index contributed by atoms with van der Waals surface area (Å²) in [5, 5.41) is 22.3. The molecule has 150 valence electrons. The van der Waals surface area contributed by atoms with Crippen LogP contribution in [0.1, 0.15) is 17.8 Å². The van der Waals surface area contributed by atoms with Crippen LogP contribution in [0, 0.1) is 12.8 Å². The zero-order valence-electron chi connectivity index (χ0n) is 15.4. The Morgan fingerprint density at radius 3 is 2.86 bits per heavy atom. The van der Waals surface area contributed by atoms with Gasteiger partial charge in [0, 0.05) is 38.4 Å². The summed E-state index contributed by atoms with van der Waals surface area (Å²) < 4.78 is 0. The molecule has 0 spiro atoms. The summed E-state index contributed by atoms with van der Waals surface area (Å²) in [4.78, 5) is 38.3. The van der Waals surface area contributed by atoms with Gasteiger partial charge >= 0.3 is 0 Å². The van der Waals surface area contributed by atoms with Gasteiger partial charge in [-0.2, -0.15) is 0 Å². The van der Waals surface area contributed by atoms with E-state index in [4.69, 9.17) is 9.90 Å². The minimum atomic E-state index is -0.331. The fourth-order valence-electron chi connectivity index (χ4n) is 2.61. The fraction of sp³-hybridized carbons (Fsp3) is 0.412. The highest BCUT2D eigenvalue weighted by atomic mass is 32.1. The third kappa shape index (κ3) is 6.27. The molecule has 0 radical (unpaired) electrons. The van der Waals surface area contributed by atoms with E-state index in [0.717, 1.165) is 23.7 Å². The van der Waals surface area contributed by atoms with Gasteiger partial charge in [-0.05, 0) is 25.5 Å². The molecular formula is C17H22N6O4S. The maximum absolute atomic E-state index is 12.3. The molecule has 3 rings (SSSR count). The number of nitrogens with zero attached hydrogens (tertiary/aromatic N) is 4. The second-order valence-electron chi connectivity index (χ2n) is 5.93. The molecule has 11 heteroatoms. The summed E-state index contributed by atoms with van der Waals surface area (Å²) in [7, 11) is 0. The molecule has 1 aliphatic heterocycles. The number of pyridine rings is 1. The molecule has 3 N–H and O–H groups in total. The van der Waals surface area contributed by atoms with Gasteiger partial charge in [-0.1, -0.05) is 11.3 Å². The molecule has 10 nitrogen and oxygen atoms in total. The third-order valence-corrected chi connectivity index (χ3v) is 4.75. The highest BCUT2D eigenvalue weighted by Crippen LogP contribution is 2.27. The van der Waals surface area contributed by atoms with Crippen LogP contribution in [0.3, 0.4) is 0 Å². The zero-order chi connectivity index (χ0) is 20.4. The number of aryl methyl sites for hydroxylation is 1. The Morgan fingerprint density at radius 1 is 1.43 bits per heavy atom. The Morgan fingerprint density at radius 2 is 2.21 bits per heavy atom. The van der Waals surface area contributed by atoms with Gasteiger partial charge in [0.25, 0.3) is 6.47 Å². The Kier molecular flexibility index (Phi) is 8.28. The van der Waals surface area contributed by atoms with Crippen molar-refractivity contribution in [2.75, 3.05) is 29.9 Å². The van der Waals surface area contributed by atoms with Crippen LogP contribution in [0.2, 0.25) is 0 Å². The van der Waals surface area contributed by atoms with Crippen LogP contribution in [-0.2, 0) is 14.4 Å². The molecule has 3 heterocycles. The molecule has 1 atom stereocenters. The number of aromatic nitrogens is 3. The van der Waals surface area contributed by atoms with Gasteiger partial charge in [0.2, 0.25) is 16.9 Å². The van der Waals surface area contributed by atoms with Crippen molar-refractivity contribution in [3.05, 3.63) is 29.5 Å². The van der Waals surface area contributed by atoms with Crippen molar-refractivity contribution in [1.82, 2.24) is 20.5 Å². The Bertz CT molecular complexity index is 785. The molecule has 0 aromatic carbocycles. The van der Waals surface area contributed by atoms with E-state index in [1.165, 1.54) is 11.3 Å². The molecule has 1 unspecified atom stereocenters. The normalized spacial score (nSPS) is 15.5. The molecular weight excluding hydrogens is 384 g/mol. The highest BCUT2D eigenvalue weighted by molar-refractivity contribution is 7.15. The summed E-state index contributed by atoms with van der Waals surface area (Å²) in [6, 6.07) is 3.81. The van der Waals surface area contributed by atoms with Crippen LogP contribution in [0.5, 0.6) is 0 Å². The van der Waals surface area contributed by atoms with Crippen LogP contribution in [0.4, 0.5) is 10.8 Å². The molecule has 0 bridgehead atoms. The maximum Gasteiger partial charge on any atom is 0.290 e. The first-order valence-electron chi connectivity index (χ1n) is 8.65. The molecule has 2 aromatic heterocycles. The number of carbonyl (C=O) groups excluding carboxylic acids is 2. The van der Waals surface area contributed by atoms with Crippen molar-refractivity contribution >= 4 is 40.4 Å². The Labute approximate surface area is 166 Å². The Balaban J connectivity index is 0.000000878. The lowest BCUT2D eigenvalue weighted by Gasteiger charge is -2.13. The van der Waals surface area contributed by atoms with Crippen LogP contribution >= 0.6 is 11.3 Å². The first kappa shape index (κ1) is 21.2. The SMILES string of the molecule is Cc1nnc(N2CC(C(=O)NCCCNc3cccnc3)CC2=O)s1.O=CO. The van der Waals surface area contributed by atoms with Crippen molar-refractivity contribution in [1.29, 1.82) is 0 Å². The minimum Gasteiger partial charge on any atom is -0.483 e. The lowest BCUT2D eigenvalue weighted by atomic mass is 10.1. The first-order valence-corrected chi connectivity index (χ1v) is 9.46.